The summed E-state index contributed by atoms with van der Waals surface area (Å²) >= 11 is 0. The van der Waals surface area contributed by atoms with E-state index in [1.807, 2.05) is 6.20 Å². The molecule has 4 nitrogen and oxygen atoms in total. The summed E-state index contributed by atoms with van der Waals surface area (Å²) in [6, 6.07) is 43.3. The van der Waals surface area contributed by atoms with Crippen LogP contribution in [0.15, 0.2) is 163 Å². The number of para-hydroxylation sites is 2. The van der Waals surface area contributed by atoms with Gasteiger partial charge in [-0.25, -0.2) is 4.98 Å². The second kappa shape index (κ2) is 13.5. The van der Waals surface area contributed by atoms with E-state index in [0.717, 1.165) is 18.7 Å². The Morgan fingerprint density at radius 2 is 1.29 bits per heavy atom. The van der Waals surface area contributed by atoms with Crippen LogP contribution < -0.4 is 9.80 Å². The molecule has 0 radical (unpaired) electrons. The third-order valence-electron chi connectivity index (χ3n) is 13.6. The predicted molar refractivity (Wildman–Crippen MR) is 241 cm³/mol. The molecule has 4 heterocycles. The Bertz CT molecular complexity index is 2750. The molecule has 3 aliphatic heterocycles. The number of anilines is 2. The summed E-state index contributed by atoms with van der Waals surface area (Å²) in [6.07, 6.45) is 15.9. The molecule has 0 saturated heterocycles. The summed E-state index contributed by atoms with van der Waals surface area (Å²) < 4.78 is 2.48. The number of nitrogens with zero attached hydrogens (tertiary/aromatic N) is 4. The van der Waals surface area contributed by atoms with Crippen LogP contribution in [0.5, 0.6) is 0 Å². The number of hydrogen-bond acceptors (Lipinski definition) is 3. The normalized spacial score (nSPS) is 21.2. The summed E-state index contributed by atoms with van der Waals surface area (Å²) in [4.78, 5) is 10.3. The topological polar surface area (TPSA) is 24.3 Å². The van der Waals surface area contributed by atoms with E-state index in [1.54, 1.807) is 0 Å². The molecule has 2 aliphatic carbocycles. The second-order valence-electron chi connectivity index (χ2n) is 17.5. The van der Waals surface area contributed by atoms with E-state index in [2.05, 4.69) is 195 Å². The number of aromatic nitrogens is 2. The number of fused-ring (bicyclic) bond motifs is 12. The van der Waals surface area contributed by atoms with Crippen LogP contribution >= 0.6 is 0 Å². The van der Waals surface area contributed by atoms with E-state index in [1.165, 1.54) is 84.0 Å². The van der Waals surface area contributed by atoms with Gasteiger partial charge in [0.25, 0.3) is 0 Å². The molecule has 0 bridgehead atoms. The van der Waals surface area contributed by atoms with Crippen molar-refractivity contribution < 1.29 is 0 Å². The summed E-state index contributed by atoms with van der Waals surface area (Å²) in [5.41, 5.74) is 20.1. The lowest BCUT2D eigenvalue weighted by Crippen LogP contribution is -2.40. The number of imidazole rings is 1. The molecule has 0 amide bonds. The third-order valence-corrected chi connectivity index (χ3v) is 13.6. The zero-order valence-electron chi connectivity index (χ0n) is 34.1. The monoisotopic (exact) mass is 754 g/mol. The molecule has 0 N–H and O–H groups in total. The number of benzene rings is 5. The number of hydrogen-bond donors (Lipinski definition) is 0. The van der Waals surface area contributed by atoms with E-state index in [0.29, 0.717) is 23.7 Å². The Hall–Kier alpha value is -6.13. The highest BCUT2D eigenvalue weighted by molar-refractivity contribution is 6.17. The molecule has 0 saturated carbocycles. The van der Waals surface area contributed by atoms with Crippen molar-refractivity contribution in [3.05, 3.63) is 185 Å². The van der Waals surface area contributed by atoms with Crippen LogP contribution in [0.1, 0.15) is 75.3 Å². The van der Waals surface area contributed by atoms with Gasteiger partial charge < -0.3 is 14.4 Å². The van der Waals surface area contributed by atoms with Crippen molar-refractivity contribution in [2.75, 3.05) is 9.80 Å². The largest absolute Gasteiger partial charge is 0.323 e. The molecular weight excluding hydrogens is 705 g/mol. The lowest BCUT2D eigenvalue weighted by molar-refractivity contribution is 0.328. The van der Waals surface area contributed by atoms with Gasteiger partial charge in [-0.3, -0.25) is 0 Å². The van der Waals surface area contributed by atoms with Crippen LogP contribution in [0.25, 0.3) is 45.0 Å². The van der Waals surface area contributed by atoms with Crippen LogP contribution in [0.2, 0.25) is 0 Å². The van der Waals surface area contributed by atoms with E-state index in [4.69, 9.17) is 4.98 Å². The fourth-order valence-corrected chi connectivity index (χ4v) is 10.9. The molecule has 1 aromatic heterocycles. The SMILES string of the molecule is CC(C)C1=CC=CC(C(C)C)C1n1ccnc1-c1ccccc1C1C=C(Cc2cccc3c2N2C(=C4c5ccccc5-c5ccccc5N4C2C)c2ccccc2-3)C1. The Balaban J connectivity index is 0.971. The Kier molecular flexibility index (Phi) is 8.15. The average molecular weight is 755 g/mol. The second-order valence-corrected chi connectivity index (χ2v) is 17.5. The zero-order valence-corrected chi connectivity index (χ0v) is 34.1. The van der Waals surface area contributed by atoms with Crippen molar-refractivity contribution in [3.63, 3.8) is 0 Å². The molecule has 286 valence electrons. The summed E-state index contributed by atoms with van der Waals surface area (Å²) in [6.45, 7) is 11.7. The van der Waals surface area contributed by atoms with Crippen LogP contribution in [0.3, 0.4) is 0 Å². The molecule has 4 heteroatoms. The van der Waals surface area contributed by atoms with Gasteiger partial charge in [-0.1, -0.05) is 167 Å². The molecule has 4 unspecified atom stereocenters. The predicted octanol–water partition coefficient (Wildman–Crippen LogP) is 13.3. The first kappa shape index (κ1) is 35.1. The minimum atomic E-state index is 0.104. The summed E-state index contributed by atoms with van der Waals surface area (Å²) in [5, 5.41) is 0. The van der Waals surface area contributed by atoms with Crippen molar-refractivity contribution in [2.24, 2.45) is 17.8 Å². The molecule has 0 spiro atoms. The molecule has 0 fully saturated rings. The molecule has 11 rings (SSSR count). The van der Waals surface area contributed by atoms with Crippen molar-refractivity contribution in [1.29, 1.82) is 0 Å². The van der Waals surface area contributed by atoms with E-state index < -0.39 is 0 Å². The van der Waals surface area contributed by atoms with Crippen molar-refractivity contribution in [2.45, 2.75) is 65.6 Å². The van der Waals surface area contributed by atoms with Gasteiger partial charge in [0.1, 0.15) is 12.0 Å². The first-order valence-electron chi connectivity index (χ1n) is 21.3. The van der Waals surface area contributed by atoms with E-state index in [9.17, 15) is 0 Å². The highest BCUT2D eigenvalue weighted by atomic mass is 15.4. The maximum absolute atomic E-state index is 5.08. The van der Waals surface area contributed by atoms with Crippen LogP contribution in [0.4, 0.5) is 11.4 Å². The van der Waals surface area contributed by atoms with Gasteiger partial charge in [0.2, 0.25) is 0 Å². The maximum Gasteiger partial charge on any atom is 0.140 e. The van der Waals surface area contributed by atoms with Gasteiger partial charge in [0.05, 0.1) is 28.8 Å². The molecule has 6 aromatic rings. The van der Waals surface area contributed by atoms with Crippen molar-refractivity contribution in [1.82, 2.24) is 9.55 Å². The van der Waals surface area contributed by atoms with E-state index in [-0.39, 0.29) is 12.2 Å². The van der Waals surface area contributed by atoms with Crippen molar-refractivity contribution >= 4 is 22.8 Å². The van der Waals surface area contributed by atoms with E-state index >= 15 is 0 Å². The molecule has 5 aromatic carbocycles. The van der Waals surface area contributed by atoms with Gasteiger partial charge in [-0.15, -0.1) is 0 Å². The average Bonchev–Trinajstić information content (AvgIpc) is 3.85. The van der Waals surface area contributed by atoms with Gasteiger partial charge in [-0.05, 0) is 65.5 Å². The molecular formula is C54H50N4. The highest BCUT2D eigenvalue weighted by Crippen LogP contribution is 2.58. The van der Waals surface area contributed by atoms with Gasteiger partial charge in [0.15, 0.2) is 0 Å². The fourth-order valence-electron chi connectivity index (χ4n) is 10.9. The first-order valence-corrected chi connectivity index (χ1v) is 21.3. The summed E-state index contributed by atoms with van der Waals surface area (Å²) in [5.74, 6) is 2.83. The number of rotatable bonds is 7. The lowest BCUT2D eigenvalue weighted by atomic mass is 9.76. The molecule has 5 aliphatic rings. The lowest BCUT2D eigenvalue weighted by Gasteiger charge is -2.39. The van der Waals surface area contributed by atoms with Crippen LogP contribution in [-0.4, -0.2) is 15.7 Å². The standard InChI is InChI=1S/C54H50N4/c1-33(2)39-24-15-25-40(34(3)4)51(39)56-29-28-55-54(56)48-23-11-6-17-41(48)38-31-36(32-38)30-37-16-14-26-45-43-19-8-10-22-47(43)53-52-46-21-9-7-18-42(46)44-20-12-13-27-49(44)57(52)35(5)58(53)50(37)45/h6-29,31,33-35,38-39,51H,30,32H2,1-5H3. The fraction of sp³-hybridized carbons (Fsp3) is 0.241. The van der Waals surface area contributed by atoms with Gasteiger partial charge in [0, 0.05) is 52.0 Å². The maximum atomic E-state index is 5.08. The smallest absolute Gasteiger partial charge is 0.140 e. The Morgan fingerprint density at radius 3 is 2.02 bits per heavy atom. The highest BCUT2D eigenvalue weighted by Gasteiger charge is 2.46. The third kappa shape index (κ3) is 5.16. The van der Waals surface area contributed by atoms with Gasteiger partial charge >= 0.3 is 0 Å². The minimum Gasteiger partial charge on any atom is -0.323 e. The van der Waals surface area contributed by atoms with Crippen LogP contribution in [-0.2, 0) is 6.42 Å². The quantitative estimate of drug-likeness (QED) is 0.152. The van der Waals surface area contributed by atoms with Crippen molar-refractivity contribution in [3.8, 4) is 33.6 Å². The molecule has 58 heavy (non-hydrogen) atoms. The first-order chi connectivity index (χ1) is 28.4. The minimum absolute atomic E-state index is 0.104. The summed E-state index contributed by atoms with van der Waals surface area (Å²) in [7, 11) is 0. The van der Waals surface area contributed by atoms with Gasteiger partial charge in [-0.2, -0.15) is 0 Å². The zero-order chi connectivity index (χ0) is 39.2. The Labute approximate surface area is 343 Å². The van der Waals surface area contributed by atoms with Crippen LogP contribution in [0, 0.1) is 17.8 Å². The molecule has 4 atom stereocenters. The number of allylic oxidation sites excluding steroid dienone is 6. The Morgan fingerprint density at radius 1 is 0.672 bits per heavy atom.